The number of guanidine groups is 1. The molecular weight excluding hydrogens is 471 g/mol. The molecule has 2 aromatic rings. The first-order chi connectivity index (χ1) is 13.0. The lowest BCUT2D eigenvalue weighted by Crippen LogP contribution is -2.38. The second kappa shape index (κ2) is 12.3. The number of nitrogens with one attached hydrogen (secondary N) is 2. The van der Waals surface area contributed by atoms with E-state index in [9.17, 15) is 4.79 Å². The normalized spacial score (nSPS) is 10.9. The summed E-state index contributed by atoms with van der Waals surface area (Å²) >= 11 is 0. The highest BCUT2D eigenvalue weighted by atomic mass is 127. The molecule has 0 aliphatic carbocycles. The average Bonchev–Trinajstić information content (AvgIpc) is 3.08. The third-order valence-electron chi connectivity index (χ3n) is 3.94. The molecule has 1 aromatic carbocycles. The fraction of sp³-hybridized carbons (Fsp3) is 0.474. The third-order valence-corrected chi connectivity index (χ3v) is 3.94. The summed E-state index contributed by atoms with van der Waals surface area (Å²) in [4.78, 5) is 22.0. The molecule has 0 fully saturated rings. The molecule has 1 amide bonds. The van der Waals surface area contributed by atoms with Crippen molar-refractivity contribution < 1.29 is 9.32 Å². The van der Waals surface area contributed by atoms with Gasteiger partial charge >= 0.3 is 0 Å². The summed E-state index contributed by atoms with van der Waals surface area (Å²) < 4.78 is 5.09. The molecule has 0 aliphatic heterocycles. The lowest BCUT2D eigenvalue weighted by Gasteiger charge is -2.13. The number of hydrogen-bond donors (Lipinski definition) is 2. The Morgan fingerprint density at radius 1 is 1.21 bits per heavy atom. The van der Waals surface area contributed by atoms with Crippen LogP contribution in [0.15, 0.2) is 33.8 Å². The maximum Gasteiger partial charge on any atom is 0.253 e. The van der Waals surface area contributed by atoms with Crippen molar-refractivity contribution in [2.45, 2.75) is 26.2 Å². The second-order valence-corrected chi connectivity index (χ2v) is 6.41. The van der Waals surface area contributed by atoms with Gasteiger partial charge in [0.2, 0.25) is 5.89 Å². The predicted molar refractivity (Wildman–Crippen MR) is 120 cm³/mol. The van der Waals surface area contributed by atoms with E-state index in [2.05, 4.69) is 25.8 Å². The van der Waals surface area contributed by atoms with Gasteiger partial charge in [0.15, 0.2) is 11.8 Å². The fourth-order valence-electron chi connectivity index (χ4n) is 2.55. The number of aromatic nitrogens is 2. The minimum atomic E-state index is 0. The summed E-state index contributed by atoms with van der Waals surface area (Å²) in [6.07, 6.45) is 2.41. The van der Waals surface area contributed by atoms with Gasteiger partial charge in [-0.25, -0.2) is 0 Å². The van der Waals surface area contributed by atoms with Crippen LogP contribution in [0, 0.1) is 6.92 Å². The van der Waals surface area contributed by atoms with Gasteiger partial charge in [-0.15, -0.1) is 24.0 Å². The molecule has 2 N–H and O–H groups in total. The number of nitrogens with zero attached hydrogens (tertiary/aromatic N) is 4. The van der Waals surface area contributed by atoms with Crippen LogP contribution in [0.25, 0.3) is 0 Å². The summed E-state index contributed by atoms with van der Waals surface area (Å²) in [5, 5.41) is 10.3. The van der Waals surface area contributed by atoms with Crippen LogP contribution in [-0.4, -0.2) is 61.1 Å². The van der Waals surface area contributed by atoms with Gasteiger partial charge in [0.25, 0.3) is 5.91 Å². The Bertz CT molecular complexity index is 775. The number of carbonyl (C=O) groups excluding carboxylic acids is 1. The Labute approximate surface area is 183 Å². The number of amides is 1. The molecule has 1 aromatic heterocycles. The van der Waals surface area contributed by atoms with E-state index in [1.165, 1.54) is 0 Å². The minimum absolute atomic E-state index is 0. The van der Waals surface area contributed by atoms with E-state index < -0.39 is 0 Å². The van der Waals surface area contributed by atoms with Crippen LogP contribution in [0.2, 0.25) is 0 Å². The first kappa shape index (κ1) is 23.9. The van der Waals surface area contributed by atoms with Gasteiger partial charge in [-0.05, 0) is 37.5 Å². The molecule has 0 aliphatic rings. The zero-order chi connectivity index (χ0) is 19.6. The molecule has 28 heavy (non-hydrogen) atoms. The molecule has 0 spiro atoms. The number of hydrogen-bond acceptors (Lipinski definition) is 5. The van der Waals surface area contributed by atoms with Crippen molar-refractivity contribution in [1.29, 1.82) is 0 Å². The van der Waals surface area contributed by atoms with Crippen molar-refractivity contribution in [2.75, 3.05) is 34.2 Å². The maximum atomic E-state index is 12.0. The molecular formula is C19H29IN6O2. The van der Waals surface area contributed by atoms with Crippen LogP contribution >= 0.6 is 24.0 Å². The first-order valence-corrected chi connectivity index (χ1v) is 9.04. The number of aryl methyl sites for hydroxylation is 2. The van der Waals surface area contributed by atoms with Gasteiger partial charge in [-0.3, -0.25) is 9.79 Å². The van der Waals surface area contributed by atoms with Crippen LogP contribution in [-0.2, 0) is 12.8 Å². The van der Waals surface area contributed by atoms with Gasteiger partial charge in [-0.2, -0.15) is 4.98 Å². The van der Waals surface area contributed by atoms with E-state index in [1.54, 1.807) is 26.0 Å². The van der Waals surface area contributed by atoms with Crippen molar-refractivity contribution in [3.63, 3.8) is 0 Å². The molecule has 0 atom stereocenters. The van der Waals surface area contributed by atoms with Gasteiger partial charge < -0.3 is 20.1 Å². The molecule has 0 saturated carbocycles. The van der Waals surface area contributed by atoms with Gasteiger partial charge in [-0.1, -0.05) is 17.3 Å². The highest BCUT2D eigenvalue weighted by Crippen LogP contribution is 2.07. The van der Waals surface area contributed by atoms with Crippen LogP contribution < -0.4 is 10.6 Å². The zero-order valence-corrected chi connectivity index (χ0v) is 19.2. The third kappa shape index (κ3) is 7.83. The topological polar surface area (TPSA) is 95.6 Å². The van der Waals surface area contributed by atoms with E-state index in [1.807, 2.05) is 31.2 Å². The van der Waals surface area contributed by atoms with Gasteiger partial charge in [0.1, 0.15) is 0 Å². The number of benzene rings is 1. The largest absolute Gasteiger partial charge is 0.356 e. The van der Waals surface area contributed by atoms with E-state index in [4.69, 9.17) is 4.52 Å². The molecule has 8 nitrogen and oxygen atoms in total. The Morgan fingerprint density at radius 3 is 2.61 bits per heavy atom. The first-order valence-electron chi connectivity index (χ1n) is 9.04. The van der Waals surface area contributed by atoms with Crippen LogP contribution in [0.4, 0.5) is 0 Å². The van der Waals surface area contributed by atoms with Crippen LogP contribution in [0.5, 0.6) is 0 Å². The van der Waals surface area contributed by atoms with E-state index in [-0.39, 0.29) is 29.9 Å². The molecule has 1 heterocycles. The highest BCUT2D eigenvalue weighted by Gasteiger charge is 2.08. The lowest BCUT2D eigenvalue weighted by atomic mass is 10.1. The van der Waals surface area contributed by atoms with Crippen LogP contribution in [0.1, 0.15) is 34.1 Å². The Balaban J connectivity index is 0.00000392. The maximum absolute atomic E-state index is 12.0. The molecule has 9 heteroatoms. The molecule has 0 radical (unpaired) electrons. The Morgan fingerprint density at radius 2 is 1.96 bits per heavy atom. The molecule has 154 valence electrons. The minimum Gasteiger partial charge on any atom is -0.356 e. The number of rotatable bonds is 8. The average molecular weight is 500 g/mol. The summed E-state index contributed by atoms with van der Waals surface area (Å²) in [6, 6.07) is 7.71. The SMILES string of the molecule is CN=C(NCCCc1nc(C)no1)NCCc1cccc(C(=O)N(C)C)c1.I. The number of aliphatic imine (C=N–C) groups is 1. The number of carbonyl (C=O) groups is 1. The summed E-state index contributed by atoms with van der Waals surface area (Å²) in [7, 11) is 5.25. The quantitative estimate of drug-likeness (QED) is 0.249. The van der Waals surface area contributed by atoms with E-state index in [0.717, 1.165) is 43.9 Å². The Hall–Kier alpha value is -2.17. The molecule has 0 unspecified atom stereocenters. The highest BCUT2D eigenvalue weighted by molar-refractivity contribution is 14.0. The van der Waals surface area contributed by atoms with Crippen molar-refractivity contribution >= 4 is 35.8 Å². The summed E-state index contributed by atoms with van der Waals surface area (Å²) in [5.74, 6) is 2.08. The van der Waals surface area contributed by atoms with Gasteiger partial charge in [0.05, 0.1) is 0 Å². The van der Waals surface area contributed by atoms with E-state index >= 15 is 0 Å². The van der Waals surface area contributed by atoms with Crippen molar-refractivity contribution in [3.05, 3.63) is 47.1 Å². The predicted octanol–water partition coefficient (Wildman–Crippen LogP) is 2.04. The van der Waals surface area contributed by atoms with Crippen molar-refractivity contribution in [1.82, 2.24) is 25.7 Å². The monoisotopic (exact) mass is 500 g/mol. The standard InChI is InChI=1S/C19H28N6O2.HI/c1-14-23-17(27-24-14)9-6-11-21-19(20-2)22-12-10-15-7-5-8-16(13-15)18(26)25(3)4;/h5,7-8,13H,6,9-12H2,1-4H3,(H2,20,21,22);1H. The molecule has 2 rings (SSSR count). The molecule has 0 bridgehead atoms. The molecule has 0 saturated heterocycles. The number of halogens is 1. The second-order valence-electron chi connectivity index (χ2n) is 6.41. The van der Waals surface area contributed by atoms with Gasteiger partial charge in [0, 0.05) is 46.2 Å². The van der Waals surface area contributed by atoms with E-state index in [0.29, 0.717) is 17.3 Å². The smallest absolute Gasteiger partial charge is 0.253 e. The van der Waals surface area contributed by atoms with Crippen molar-refractivity contribution in [3.8, 4) is 0 Å². The lowest BCUT2D eigenvalue weighted by molar-refractivity contribution is 0.0827. The summed E-state index contributed by atoms with van der Waals surface area (Å²) in [6.45, 7) is 3.29. The zero-order valence-electron chi connectivity index (χ0n) is 16.9. The van der Waals surface area contributed by atoms with Crippen molar-refractivity contribution in [2.24, 2.45) is 4.99 Å². The fourth-order valence-corrected chi connectivity index (χ4v) is 2.55. The van der Waals surface area contributed by atoms with Crippen LogP contribution in [0.3, 0.4) is 0 Å². The summed E-state index contributed by atoms with van der Waals surface area (Å²) in [5.41, 5.74) is 1.81. The Kier molecular flexibility index (Phi) is 10.5.